The predicted molar refractivity (Wildman–Crippen MR) is 126 cm³/mol. The minimum Gasteiger partial charge on any atom is -0.493 e. The Morgan fingerprint density at radius 1 is 1.18 bits per heavy atom. The Bertz CT molecular complexity index is 1060. The lowest BCUT2D eigenvalue weighted by Crippen LogP contribution is -2.41. The molecule has 10 nitrogen and oxygen atoms in total. The molecule has 3 amide bonds. The van der Waals surface area contributed by atoms with E-state index >= 15 is 0 Å². The minimum atomic E-state index is -0.883. The monoisotopic (exact) mass is 488 g/mol. The predicted octanol–water partition coefficient (Wildman–Crippen LogP) is 2.11. The number of hydrazone groups is 1. The molecule has 3 rings (SSSR count). The summed E-state index contributed by atoms with van der Waals surface area (Å²) in [6.07, 6.45) is 3.09. The maximum absolute atomic E-state index is 12.1. The molecule has 1 fully saturated rings. The fraction of sp³-hybridized carbons (Fsp3) is 0.304. The summed E-state index contributed by atoms with van der Waals surface area (Å²) in [4.78, 5) is 35.8. The molecular formula is C23H25ClN4O6. The van der Waals surface area contributed by atoms with E-state index in [9.17, 15) is 14.4 Å². The van der Waals surface area contributed by atoms with Gasteiger partial charge >= 0.3 is 11.8 Å². The Hall–Kier alpha value is -3.63. The summed E-state index contributed by atoms with van der Waals surface area (Å²) in [6.45, 7) is 0.708. The summed E-state index contributed by atoms with van der Waals surface area (Å²) in [7, 11) is 1.45. The van der Waals surface area contributed by atoms with Crippen LogP contribution in [0.4, 0.5) is 5.69 Å². The summed E-state index contributed by atoms with van der Waals surface area (Å²) in [5.74, 6) is -1.33. The molecule has 1 saturated heterocycles. The van der Waals surface area contributed by atoms with Crippen molar-refractivity contribution < 1.29 is 28.6 Å². The van der Waals surface area contributed by atoms with Gasteiger partial charge in [0.2, 0.25) is 0 Å². The van der Waals surface area contributed by atoms with Gasteiger partial charge in [0.1, 0.15) is 0 Å². The highest BCUT2D eigenvalue weighted by molar-refractivity contribution is 6.35. The van der Waals surface area contributed by atoms with E-state index in [2.05, 4.69) is 21.2 Å². The van der Waals surface area contributed by atoms with Crippen LogP contribution in [0.15, 0.2) is 47.6 Å². The van der Waals surface area contributed by atoms with Crippen molar-refractivity contribution in [3.8, 4) is 11.5 Å². The van der Waals surface area contributed by atoms with Crippen molar-refractivity contribution in [3.05, 3.63) is 53.1 Å². The molecule has 3 N–H and O–H groups in total. The SMILES string of the molecule is COc1cc(/C=N\NC(=O)C(=O)NC[C@H]2CCCO2)ccc1OCC(=O)Nc1cccc(Cl)c1. The van der Waals surface area contributed by atoms with E-state index in [1.165, 1.54) is 13.3 Å². The fourth-order valence-corrected chi connectivity index (χ4v) is 3.29. The number of ether oxygens (including phenoxy) is 3. The Morgan fingerprint density at radius 3 is 2.76 bits per heavy atom. The molecule has 1 heterocycles. The molecular weight excluding hydrogens is 464 g/mol. The normalized spacial score (nSPS) is 15.1. The van der Waals surface area contributed by atoms with E-state index in [1.54, 1.807) is 42.5 Å². The molecule has 34 heavy (non-hydrogen) atoms. The Morgan fingerprint density at radius 2 is 2.03 bits per heavy atom. The quantitative estimate of drug-likeness (QED) is 0.282. The molecule has 1 aliphatic heterocycles. The number of benzene rings is 2. The van der Waals surface area contributed by atoms with Gasteiger partial charge in [-0.15, -0.1) is 0 Å². The standard InChI is InChI=1S/C23H25ClN4O6/c1-32-20-10-15(12-26-28-23(31)22(30)25-13-18-6-3-9-33-18)7-8-19(20)34-14-21(29)27-17-5-2-4-16(24)11-17/h2,4-5,7-8,10-12,18H,3,6,9,13-14H2,1H3,(H,25,30)(H,27,29)(H,28,31)/b26-12-/t18-/m1/s1. The number of anilines is 1. The van der Waals surface area contributed by atoms with Gasteiger partial charge in [0.25, 0.3) is 5.91 Å². The minimum absolute atomic E-state index is 0.0589. The molecule has 0 spiro atoms. The number of amides is 3. The van der Waals surface area contributed by atoms with E-state index < -0.39 is 11.8 Å². The zero-order chi connectivity index (χ0) is 24.3. The number of hydrogen-bond acceptors (Lipinski definition) is 7. The van der Waals surface area contributed by atoms with Crippen LogP contribution in [0.25, 0.3) is 0 Å². The third-order valence-corrected chi connectivity index (χ3v) is 4.99. The van der Waals surface area contributed by atoms with Gasteiger partial charge in [0.05, 0.1) is 19.4 Å². The van der Waals surface area contributed by atoms with Crippen LogP contribution in [0.1, 0.15) is 18.4 Å². The van der Waals surface area contributed by atoms with Gasteiger partial charge in [-0.25, -0.2) is 5.43 Å². The maximum Gasteiger partial charge on any atom is 0.329 e. The van der Waals surface area contributed by atoms with Gasteiger partial charge < -0.3 is 24.8 Å². The van der Waals surface area contributed by atoms with Gasteiger partial charge in [-0.3, -0.25) is 14.4 Å². The Balaban J connectivity index is 1.47. The zero-order valence-corrected chi connectivity index (χ0v) is 19.3. The van der Waals surface area contributed by atoms with Crippen LogP contribution in [0.3, 0.4) is 0 Å². The first-order chi connectivity index (χ1) is 16.4. The van der Waals surface area contributed by atoms with Crippen LogP contribution >= 0.6 is 11.6 Å². The molecule has 180 valence electrons. The summed E-state index contributed by atoms with van der Waals surface area (Å²) in [6, 6.07) is 11.6. The molecule has 0 unspecified atom stereocenters. The van der Waals surface area contributed by atoms with Gasteiger partial charge in [-0.05, 0) is 54.8 Å². The first-order valence-electron chi connectivity index (χ1n) is 10.5. The molecule has 1 aliphatic rings. The van der Waals surface area contributed by atoms with E-state index in [-0.39, 0.29) is 25.2 Å². The smallest absolute Gasteiger partial charge is 0.329 e. The lowest BCUT2D eigenvalue weighted by atomic mass is 10.2. The van der Waals surface area contributed by atoms with E-state index in [4.69, 9.17) is 25.8 Å². The highest BCUT2D eigenvalue weighted by Gasteiger charge is 2.19. The Kier molecular flexibility index (Phi) is 9.24. The summed E-state index contributed by atoms with van der Waals surface area (Å²) in [5.41, 5.74) is 3.30. The summed E-state index contributed by atoms with van der Waals surface area (Å²) < 4.78 is 16.2. The molecule has 2 aromatic rings. The second-order valence-electron chi connectivity index (χ2n) is 7.30. The van der Waals surface area contributed by atoms with Crippen LogP contribution in [-0.2, 0) is 19.1 Å². The molecule has 11 heteroatoms. The number of hydrogen-bond donors (Lipinski definition) is 3. The van der Waals surface area contributed by atoms with Crippen LogP contribution < -0.4 is 25.5 Å². The highest BCUT2D eigenvalue weighted by Crippen LogP contribution is 2.27. The molecule has 0 radical (unpaired) electrons. The van der Waals surface area contributed by atoms with E-state index in [0.29, 0.717) is 34.4 Å². The second kappa shape index (κ2) is 12.6. The summed E-state index contributed by atoms with van der Waals surface area (Å²) in [5, 5.41) is 9.49. The zero-order valence-electron chi connectivity index (χ0n) is 18.5. The Labute approximate surface area is 201 Å². The van der Waals surface area contributed by atoms with Gasteiger partial charge in [-0.1, -0.05) is 17.7 Å². The van der Waals surface area contributed by atoms with Crippen molar-refractivity contribution in [2.75, 3.05) is 32.2 Å². The largest absolute Gasteiger partial charge is 0.493 e. The first-order valence-corrected chi connectivity index (χ1v) is 10.9. The van der Waals surface area contributed by atoms with Crippen molar-refractivity contribution in [1.82, 2.24) is 10.7 Å². The second-order valence-corrected chi connectivity index (χ2v) is 7.74. The lowest BCUT2D eigenvalue weighted by Gasteiger charge is -2.11. The number of carbonyl (C=O) groups is 3. The van der Waals surface area contributed by atoms with Crippen molar-refractivity contribution in [2.45, 2.75) is 18.9 Å². The fourth-order valence-electron chi connectivity index (χ4n) is 3.10. The van der Waals surface area contributed by atoms with Gasteiger partial charge in [-0.2, -0.15) is 5.10 Å². The van der Waals surface area contributed by atoms with E-state index in [0.717, 1.165) is 12.8 Å². The topological polar surface area (TPSA) is 127 Å². The van der Waals surface area contributed by atoms with Crippen LogP contribution in [-0.4, -0.2) is 56.9 Å². The van der Waals surface area contributed by atoms with Crippen molar-refractivity contribution in [1.29, 1.82) is 0 Å². The number of nitrogens with zero attached hydrogens (tertiary/aromatic N) is 1. The molecule has 0 saturated carbocycles. The van der Waals surface area contributed by atoms with Crippen molar-refractivity contribution in [3.63, 3.8) is 0 Å². The third-order valence-electron chi connectivity index (χ3n) is 4.76. The average Bonchev–Trinajstić information content (AvgIpc) is 3.35. The molecule has 0 aromatic heterocycles. The van der Waals surface area contributed by atoms with Gasteiger partial charge in [0.15, 0.2) is 18.1 Å². The van der Waals surface area contributed by atoms with E-state index in [1.807, 2.05) is 0 Å². The van der Waals surface area contributed by atoms with Gasteiger partial charge in [0, 0.05) is 23.9 Å². The number of rotatable bonds is 9. The average molecular weight is 489 g/mol. The maximum atomic E-state index is 12.1. The number of methoxy groups -OCH3 is 1. The van der Waals surface area contributed by atoms with Crippen LogP contribution in [0.5, 0.6) is 11.5 Å². The molecule has 0 bridgehead atoms. The third kappa shape index (κ3) is 7.75. The molecule has 1 atom stereocenters. The molecule has 2 aromatic carbocycles. The van der Waals surface area contributed by atoms with Crippen LogP contribution in [0.2, 0.25) is 5.02 Å². The number of nitrogens with one attached hydrogen (secondary N) is 3. The lowest BCUT2D eigenvalue weighted by molar-refractivity contribution is -0.139. The number of halogens is 1. The molecule has 0 aliphatic carbocycles. The van der Waals surface area contributed by atoms with Crippen molar-refractivity contribution >= 4 is 41.2 Å². The highest BCUT2D eigenvalue weighted by atomic mass is 35.5. The number of carbonyl (C=O) groups excluding carboxylic acids is 3. The first kappa shape index (κ1) is 25.0. The van der Waals surface area contributed by atoms with Crippen molar-refractivity contribution in [2.24, 2.45) is 5.10 Å². The van der Waals surface area contributed by atoms with Crippen LogP contribution in [0, 0.1) is 0 Å². The summed E-state index contributed by atoms with van der Waals surface area (Å²) >= 11 is 5.91.